The predicted octanol–water partition coefficient (Wildman–Crippen LogP) is 6.19. The number of hydrogen-bond donors (Lipinski definition) is 1. The molecule has 5 aromatic rings. The summed E-state index contributed by atoms with van der Waals surface area (Å²) >= 11 is 0. The van der Waals surface area contributed by atoms with E-state index in [2.05, 4.69) is 24.3 Å². The second-order valence-corrected chi connectivity index (χ2v) is 8.63. The maximum atomic E-state index is 11.9. The van der Waals surface area contributed by atoms with E-state index < -0.39 is 10.1 Å². The Morgan fingerprint density at radius 2 is 0.935 bits per heavy atom. The standard InChI is InChI=1S/C26H18O3S.Na/c27-30(28,29)20-15-16-23-24(17-20)26(19-11-5-2-6-12-19)22-14-8-7-13-21(22)25(23)18-9-3-1-4-10-18;/h1-17H,(H,27,28,29);. The summed E-state index contributed by atoms with van der Waals surface area (Å²) in [5.41, 5.74) is 4.04. The van der Waals surface area contributed by atoms with E-state index in [4.69, 9.17) is 0 Å². The molecule has 0 bridgehead atoms. The van der Waals surface area contributed by atoms with Gasteiger partial charge in [-0.25, -0.2) is 0 Å². The average molecular weight is 433 g/mol. The minimum Gasteiger partial charge on any atom is -0.282 e. The molecule has 0 fully saturated rings. The zero-order chi connectivity index (χ0) is 20.7. The zero-order valence-electron chi connectivity index (χ0n) is 17.0. The molecule has 1 radical (unpaired) electrons. The van der Waals surface area contributed by atoms with Gasteiger partial charge < -0.3 is 0 Å². The van der Waals surface area contributed by atoms with Crippen LogP contribution in [-0.2, 0) is 10.1 Å². The molecule has 0 atom stereocenters. The molecule has 5 aromatic carbocycles. The number of rotatable bonds is 3. The van der Waals surface area contributed by atoms with Crippen LogP contribution in [0.15, 0.2) is 108 Å². The fraction of sp³-hybridized carbons (Fsp3) is 0. The third-order valence-corrected chi connectivity index (χ3v) is 6.27. The van der Waals surface area contributed by atoms with E-state index in [0.29, 0.717) is 0 Å². The van der Waals surface area contributed by atoms with E-state index in [9.17, 15) is 13.0 Å². The van der Waals surface area contributed by atoms with Crippen molar-refractivity contribution in [3.05, 3.63) is 103 Å². The van der Waals surface area contributed by atoms with Crippen molar-refractivity contribution in [3.63, 3.8) is 0 Å². The van der Waals surface area contributed by atoms with E-state index in [1.807, 2.05) is 60.7 Å². The Morgan fingerprint density at radius 1 is 0.516 bits per heavy atom. The molecule has 0 heterocycles. The molecule has 0 unspecified atom stereocenters. The summed E-state index contributed by atoms with van der Waals surface area (Å²) in [6.07, 6.45) is 0. The van der Waals surface area contributed by atoms with Crippen LogP contribution in [0.3, 0.4) is 0 Å². The average Bonchev–Trinajstić information content (AvgIpc) is 2.77. The van der Waals surface area contributed by atoms with E-state index >= 15 is 0 Å². The van der Waals surface area contributed by atoms with Crippen molar-refractivity contribution in [3.8, 4) is 22.3 Å². The monoisotopic (exact) mass is 433 g/mol. The van der Waals surface area contributed by atoms with Crippen LogP contribution in [0.2, 0.25) is 0 Å². The largest absolute Gasteiger partial charge is 0.294 e. The van der Waals surface area contributed by atoms with E-state index in [1.165, 1.54) is 6.07 Å². The topological polar surface area (TPSA) is 54.4 Å². The van der Waals surface area contributed by atoms with E-state index in [1.54, 1.807) is 12.1 Å². The molecule has 0 aliphatic rings. The SMILES string of the molecule is O=S(=O)(O)c1ccc2c(-c3ccccc3)c3ccccc3c(-c3ccccc3)c2c1.[Na]. The summed E-state index contributed by atoms with van der Waals surface area (Å²) < 4.78 is 33.5. The first-order valence-electron chi connectivity index (χ1n) is 9.61. The maximum Gasteiger partial charge on any atom is 0.294 e. The molecule has 0 spiro atoms. The van der Waals surface area contributed by atoms with Crippen molar-refractivity contribution in [1.29, 1.82) is 0 Å². The van der Waals surface area contributed by atoms with Gasteiger partial charge in [-0.1, -0.05) is 91.0 Å². The van der Waals surface area contributed by atoms with Gasteiger partial charge >= 0.3 is 0 Å². The molecule has 0 amide bonds. The maximum absolute atomic E-state index is 11.9. The van der Waals surface area contributed by atoms with Crippen molar-refractivity contribution >= 4 is 61.2 Å². The van der Waals surface area contributed by atoms with Crippen LogP contribution in [-0.4, -0.2) is 42.5 Å². The Morgan fingerprint density at radius 3 is 1.42 bits per heavy atom. The zero-order valence-corrected chi connectivity index (χ0v) is 19.8. The molecular formula is C26H18NaO3S. The Labute approximate surface area is 203 Å². The molecule has 1 N–H and O–H groups in total. The van der Waals surface area contributed by atoms with Gasteiger partial charge in [-0.2, -0.15) is 8.42 Å². The summed E-state index contributed by atoms with van der Waals surface area (Å²) in [5, 5.41) is 3.84. The summed E-state index contributed by atoms with van der Waals surface area (Å²) in [7, 11) is -4.32. The Kier molecular flexibility index (Phi) is 6.02. The normalized spacial score (nSPS) is 11.4. The molecule has 0 aliphatic heterocycles. The minimum atomic E-state index is -4.32. The fourth-order valence-corrected chi connectivity index (χ4v) is 4.66. The molecule has 0 saturated carbocycles. The summed E-state index contributed by atoms with van der Waals surface area (Å²) in [5.74, 6) is 0. The van der Waals surface area contributed by atoms with Crippen LogP contribution in [0.25, 0.3) is 43.8 Å². The molecular weight excluding hydrogens is 415 g/mol. The Balaban J connectivity index is 0.00000231. The second-order valence-electron chi connectivity index (χ2n) is 7.21. The van der Waals surface area contributed by atoms with Gasteiger partial charge in [-0.05, 0) is 55.9 Å². The van der Waals surface area contributed by atoms with Gasteiger partial charge in [0.05, 0.1) is 4.90 Å². The van der Waals surface area contributed by atoms with Crippen molar-refractivity contribution in [2.45, 2.75) is 4.90 Å². The van der Waals surface area contributed by atoms with Crippen LogP contribution in [0, 0.1) is 0 Å². The smallest absolute Gasteiger partial charge is 0.282 e. The van der Waals surface area contributed by atoms with E-state index in [0.717, 1.165) is 43.8 Å². The second kappa shape index (κ2) is 8.58. The van der Waals surface area contributed by atoms with Gasteiger partial charge in [-0.3, -0.25) is 4.55 Å². The van der Waals surface area contributed by atoms with Gasteiger partial charge in [-0.15, -0.1) is 0 Å². The van der Waals surface area contributed by atoms with Crippen LogP contribution < -0.4 is 0 Å². The van der Waals surface area contributed by atoms with Crippen molar-refractivity contribution in [1.82, 2.24) is 0 Å². The van der Waals surface area contributed by atoms with Crippen LogP contribution in [0.1, 0.15) is 0 Å². The number of benzene rings is 5. The molecule has 0 aromatic heterocycles. The first-order chi connectivity index (χ1) is 14.5. The van der Waals surface area contributed by atoms with Gasteiger partial charge in [0.1, 0.15) is 0 Å². The van der Waals surface area contributed by atoms with Gasteiger partial charge in [0, 0.05) is 29.6 Å². The first kappa shape index (κ1) is 21.8. The van der Waals surface area contributed by atoms with Gasteiger partial charge in [0.25, 0.3) is 10.1 Å². The molecule has 5 heteroatoms. The van der Waals surface area contributed by atoms with Gasteiger partial charge in [0.2, 0.25) is 0 Å². The number of hydrogen-bond acceptors (Lipinski definition) is 2. The summed E-state index contributed by atoms with van der Waals surface area (Å²) in [4.78, 5) is -0.110. The summed E-state index contributed by atoms with van der Waals surface area (Å²) in [6, 6.07) is 33.0. The third-order valence-electron chi connectivity index (χ3n) is 5.42. The van der Waals surface area contributed by atoms with Crippen LogP contribution in [0.5, 0.6) is 0 Å². The van der Waals surface area contributed by atoms with Crippen LogP contribution >= 0.6 is 0 Å². The van der Waals surface area contributed by atoms with Crippen molar-refractivity contribution in [2.75, 3.05) is 0 Å². The number of fused-ring (bicyclic) bond motifs is 2. The molecule has 0 aliphatic carbocycles. The fourth-order valence-electron chi connectivity index (χ4n) is 4.15. The molecule has 0 saturated heterocycles. The van der Waals surface area contributed by atoms with Crippen LogP contribution in [0.4, 0.5) is 0 Å². The molecule has 147 valence electrons. The quantitative estimate of drug-likeness (QED) is 0.210. The van der Waals surface area contributed by atoms with E-state index in [-0.39, 0.29) is 34.5 Å². The minimum absolute atomic E-state index is 0. The van der Waals surface area contributed by atoms with Gasteiger partial charge in [0.15, 0.2) is 0 Å². The van der Waals surface area contributed by atoms with Crippen molar-refractivity contribution in [2.24, 2.45) is 0 Å². The third kappa shape index (κ3) is 3.93. The molecule has 31 heavy (non-hydrogen) atoms. The summed E-state index contributed by atoms with van der Waals surface area (Å²) in [6.45, 7) is 0. The predicted molar refractivity (Wildman–Crippen MR) is 128 cm³/mol. The van der Waals surface area contributed by atoms with Crippen molar-refractivity contribution < 1.29 is 13.0 Å². The first-order valence-corrected chi connectivity index (χ1v) is 11.0. The Bertz CT molecular complexity index is 1500. The molecule has 3 nitrogen and oxygen atoms in total. The molecule has 5 rings (SSSR count). The Hall–Kier alpha value is -2.47.